The second-order valence-corrected chi connectivity index (χ2v) is 3.07. The Hall–Kier alpha value is -0.860. The predicted octanol–water partition coefficient (Wildman–Crippen LogP) is 2.11. The maximum atomic E-state index is 12.7. The van der Waals surface area contributed by atoms with Crippen LogP contribution in [0, 0.1) is 5.92 Å². The van der Waals surface area contributed by atoms with Gasteiger partial charge < -0.3 is 5.11 Å². The molecule has 1 fully saturated rings. The van der Waals surface area contributed by atoms with Crippen LogP contribution < -0.4 is 0 Å². The van der Waals surface area contributed by atoms with Gasteiger partial charge in [-0.1, -0.05) is 6.92 Å². The van der Waals surface area contributed by atoms with Crippen LogP contribution in [0.25, 0.3) is 0 Å². The first-order valence-electron chi connectivity index (χ1n) is 3.72. The summed E-state index contributed by atoms with van der Waals surface area (Å²) in [5, 5.41) is 8.30. The molecular formula is C8H11FO2. The molecule has 3 heteroatoms. The van der Waals surface area contributed by atoms with Gasteiger partial charge in [0.05, 0.1) is 0 Å². The molecule has 0 aromatic carbocycles. The zero-order chi connectivity index (χ0) is 8.43. The van der Waals surface area contributed by atoms with Crippen molar-refractivity contribution in [2.24, 2.45) is 5.92 Å². The molecule has 1 unspecified atom stereocenters. The average molecular weight is 158 g/mol. The molecular weight excluding hydrogens is 147 g/mol. The van der Waals surface area contributed by atoms with E-state index in [1.807, 2.05) is 6.92 Å². The molecule has 0 amide bonds. The quantitative estimate of drug-likeness (QED) is 0.593. The molecule has 0 aromatic rings. The lowest BCUT2D eigenvalue weighted by atomic mass is 10.1. The fraction of sp³-hybridized carbons (Fsp3) is 0.625. The van der Waals surface area contributed by atoms with Crippen molar-refractivity contribution in [3.63, 3.8) is 0 Å². The number of hydrogen-bond donors (Lipinski definition) is 1. The second kappa shape index (κ2) is 3.03. The number of halogens is 1. The molecule has 0 aliphatic heterocycles. The number of hydrogen-bond acceptors (Lipinski definition) is 1. The maximum absolute atomic E-state index is 12.7. The molecule has 1 aliphatic rings. The first-order chi connectivity index (χ1) is 5.11. The predicted molar refractivity (Wildman–Crippen MR) is 38.8 cm³/mol. The van der Waals surface area contributed by atoms with E-state index in [0.717, 1.165) is 6.42 Å². The van der Waals surface area contributed by atoms with Crippen LogP contribution in [0.15, 0.2) is 11.4 Å². The molecule has 1 aliphatic carbocycles. The molecule has 2 nitrogen and oxygen atoms in total. The van der Waals surface area contributed by atoms with E-state index in [-0.39, 0.29) is 0 Å². The first kappa shape index (κ1) is 8.24. The Kier molecular flexibility index (Phi) is 2.27. The van der Waals surface area contributed by atoms with Crippen molar-refractivity contribution < 1.29 is 14.3 Å². The van der Waals surface area contributed by atoms with Gasteiger partial charge in [-0.05, 0) is 30.8 Å². The SMILES string of the molecule is CC1CC/C(=C(/F)C(=O)O)C1. The number of carbonyl (C=O) groups is 1. The topological polar surface area (TPSA) is 37.3 Å². The van der Waals surface area contributed by atoms with Gasteiger partial charge in [-0.3, -0.25) is 0 Å². The molecule has 62 valence electrons. The fourth-order valence-corrected chi connectivity index (χ4v) is 1.40. The number of carboxylic acids is 1. The zero-order valence-electron chi connectivity index (χ0n) is 6.43. The van der Waals surface area contributed by atoms with Crippen LogP contribution in [-0.4, -0.2) is 11.1 Å². The minimum atomic E-state index is -1.42. The lowest BCUT2D eigenvalue weighted by molar-refractivity contribution is -0.134. The van der Waals surface area contributed by atoms with Crippen molar-refractivity contribution in [2.75, 3.05) is 0 Å². The van der Waals surface area contributed by atoms with Crippen molar-refractivity contribution in [3.05, 3.63) is 11.4 Å². The molecule has 0 saturated heterocycles. The molecule has 1 N–H and O–H groups in total. The highest BCUT2D eigenvalue weighted by molar-refractivity contribution is 5.84. The summed E-state index contributed by atoms with van der Waals surface area (Å²) in [6, 6.07) is 0. The zero-order valence-corrected chi connectivity index (χ0v) is 6.43. The highest BCUT2D eigenvalue weighted by Gasteiger charge is 2.21. The Balaban J connectivity index is 2.73. The van der Waals surface area contributed by atoms with Crippen LogP contribution in [0.5, 0.6) is 0 Å². The molecule has 0 bridgehead atoms. The average Bonchev–Trinajstić information content (AvgIpc) is 2.34. The summed E-state index contributed by atoms with van der Waals surface area (Å²) in [5.74, 6) is -1.92. The van der Waals surface area contributed by atoms with Gasteiger partial charge in [-0.15, -0.1) is 0 Å². The van der Waals surface area contributed by atoms with E-state index >= 15 is 0 Å². The molecule has 0 spiro atoms. The van der Waals surface area contributed by atoms with E-state index < -0.39 is 11.8 Å². The van der Waals surface area contributed by atoms with Gasteiger partial charge in [0.2, 0.25) is 5.83 Å². The first-order valence-corrected chi connectivity index (χ1v) is 3.72. The number of allylic oxidation sites excluding steroid dienone is 1. The lowest BCUT2D eigenvalue weighted by Gasteiger charge is -1.96. The van der Waals surface area contributed by atoms with Crippen LogP contribution in [0.2, 0.25) is 0 Å². The van der Waals surface area contributed by atoms with Gasteiger partial charge >= 0.3 is 5.97 Å². The molecule has 1 atom stereocenters. The number of carboxylic acid groups (broad SMARTS) is 1. The van der Waals surface area contributed by atoms with Crippen molar-refractivity contribution in [1.29, 1.82) is 0 Å². The summed E-state index contributed by atoms with van der Waals surface area (Å²) >= 11 is 0. The lowest BCUT2D eigenvalue weighted by Crippen LogP contribution is -1.98. The Morgan fingerprint density at radius 2 is 2.36 bits per heavy atom. The molecule has 0 radical (unpaired) electrons. The standard InChI is InChI=1S/C8H11FO2/c1-5-2-3-6(4-5)7(9)8(10)11/h5H,2-4H2,1H3,(H,10,11)/b7-6-. The van der Waals surface area contributed by atoms with E-state index in [1.54, 1.807) is 0 Å². The highest BCUT2D eigenvalue weighted by Crippen LogP contribution is 2.32. The second-order valence-electron chi connectivity index (χ2n) is 3.07. The van der Waals surface area contributed by atoms with Gasteiger partial charge in [0, 0.05) is 0 Å². The third kappa shape index (κ3) is 1.79. The normalized spacial score (nSPS) is 28.7. The highest BCUT2D eigenvalue weighted by atomic mass is 19.1. The van der Waals surface area contributed by atoms with E-state index in [1.165, 1.54) is 0 Å². The summed E-state index contributed by atoms with van der Waals surface area (Å²) in [7, 11) is 0. The summed E-state index contributed by atoms with van der Waals surface area (Å²) in [4.78, 5) is 10.2. The van der Waals surface area contributed by atoms with Gasteiger partial charge in [0.1, 0.15) is 0 Å². The van der Waals surface area contributed by atoms with E-state index in [4.69, 9.17) is 5.11 Å². The largest absolute Gasteiger partial charge is 0.476 e. The third-order valence-corrected chi connectivity index (χ3v) is 2.03. The molecule has 0 heterocycles. The van der Waals surface area contributed by atoms with Crippen molar-refractivity contribution in [2.45, 2.75) is 26.2 Å². The van der Waals surface area contributed by atoms with E-state index in [0.29, 0.717) is 24.3 Å². The molecule has 1 saturated carbocycles. The summed E-state index contributed by atoms with van der Waals surface area (Å²) in [5.41, 5.74) is 0.477. The number of aliphatic carboxylic acids is 1. The van der Waals surface area contributed by atoms with Gasteiger partial charge in [-0.25, -0.2) is 4.79 Å². The molecule has 11 heavy (non-hydrogen) atoms. The maximum Gasteiger partial charge on any atom is 0.364 e. The van der Waals surface area contributed by atoms with Crippen LogP contribution in [0.1, 0.15) is 26.2 Å². The van der Waals surface area contributed by atoms with Crippen LogP contribution in [0.4, 0.5) is 4.39 Å². The Morgan fingerprint density at radius 3 is 2.73 bits per heavy atom. The van der Waals surface area contributed by atoms with Gasteiger partial charge in [-0.2, -0.15) is 4.39 Å². The van der Waals surface area contributed by atoms with Crippen molar-refractivity contribution in [3.8, 4) is 0 Å². The minimum Gasteiger partial charge on any atom is -0.476 e. The summed E-state index contributed by atoms with van der Waals surface area (Å²) in [6.07, 6.45) is 2.13. The molecule has 1 rings (SSSR count). The van der Waals surface area contributed by atoms with Gasteiger partial charge in [0.15, 0.2) is 0 Å². The number of rotatable bonds is 1. The van der Waals surface area contributed by atoms with Gasteiger partial charge in [0.25, 0.3) is 0 Å². The van der Waals surface area contributed by atoms with E-state index in [2.05, 4.69) is 0 Å². The van der Waals surface area contributed by atoms with Crippen molar-refractivity contribution >= 4 is 5.97 Å². The Bertz CT molecular complexity index is 208. The van der Waals surface area contributed by atoms with Crippen LogP contribution >= 0.6 is 0 Å². The van der Waals surface area contributed by atoms with Crippen LogP contribution in [0.3, 0.4) is 0 Å². The van der Waals surface area contributed by atoms with E-state index in [9.17, 15) is 9.18 Å². The monoisotopic (exact) mass is 158 g/mol. The summed E-state index contributed by atoms with van der Waals surface area (Å²) in [6.45, 7) is 2.00. The smallest absolute Gasteiger partial charge is 0.364 e. The van der Waals surface area contributed by atoms with Crippen molar-refractivity contribution in [1.82, 2.24) is 0 Å². The Labute approximate surface area is 64.7 Å². The Morgan fingerprint density at radius 1 is 1.73 bits per heavy atom. The molecule has 0 aromatic heterocycles. The minimum absolute atomic E-state index is 0.440. The third-order valence-electron chi connectivity index (χ3n) is 2.03. The summed E-state index contributed by atoms with van der Waals surface area (Å²) < 4.78 is 12.7. The fourth-order valence-electron chi connectivity index (χ4n) is 1.40. The van der Waals surface area contributed by atoms with Crippen LogP contribution in [-0.2, 0) is 4.79 Å².